The molecule has 5 amide bonds. The average Bonchev–Trinajstić information content (AvgIpc) is 3.87. The van der Waals surface area contributed by atoms with Crippen LogP contribution in [0.5, 0.6) is 0 Å². The van der Waals surface area contributed by atoms with E-state index in [1.165, 1.54) is 0 Å². The molecule has 0 radical (unpaired) electrons. The average molecular weight is 727 g/mol. The molecule has 3 aliphatic heterocycles. The monoisotopic (exact) mass is 726 g/mol. The molecule has 54 heavy (non-hydrogen) atoms. The fourth-order valence-corrected chi connectivity index (χ4v) is 7.64. The van der Waals surface area contributed by atoms with Crippen LogP contribution in [0.15, 0.2) is 79.3 Å². The highest BCUT2D eigenvalue weighted by Crippen LogP contribution is 2.37. The number of amides is 5. The molecule has 274 valence electrons. The fourth-order valence-electron chi connectivity index (χ4n) is 7.64. The first kappa shape index (κ1) is 34.6. The first-order chi connectivity index (χ1) is 26.3. The zero-order valence-corrected chi connectivity index (χ0v) is 29.3. The molecular weight excluding hydrogens is 688 g/mol. The van der Waals surface area contributed by atoms with Gasteiger partial charge in [-0.2, -0.15) is 0 Å². The van der Waals surface area contributed by atoms with Gasteiger partial charge in [0.1, 0.15) is 34.7 Å². The predicted octanol–water partition coefficient (Wildman–Crippen LogP) is 4.06. The summed E-state index contributed by atoms with van der Waals surface area (Å²) >= 11 is 0. The quantitative estimate of drug-likeness (QED) is 0.113. The maximum atomic E-state index is 13.5. The zero-order chi connectivity index (χ0) is 37.3. The molecule has 5 aromatic rings. The number of hydrogen-bond donors (Lipinski definition) is 4. The molecule has 1 unspecified atom stereocenters. The number of nitrogens with one attached hydrogen (secondary N) is 3. The SMILES string of the molecule is Nc1nccn2c([C@@H]3CCCN3CCCCNc3cccc4c3C(=O)N(C3CCC(=O)NC3=O)C4=O)nc(-c3ccc(C(=O)Nc4ccccn4)cc3)c12. The number of benzene rings is 2. The van der Waals surface area contributed by atoms with Gasteiger partial charge in [-0.1, -0.05) is 24.3 Å². The van der Waals surface area contributed by atoms with Crippen LogP contribution in [0.4, 0.5) is 17.3 Å². The van der Waals surface area contributed by atoms with Gasteiger partial charge in [-0.25, -0.2) is 15.0 Å². The Morgan fingerprint density at radius 2 is 1.76 bits per heavy atom. The first-order valence-electron chi connectivity index (χ1n) is 18.1. The van der Waals surface area contributed by atoms with Gasteiger partial charge < -0.3 is 16.4 Å². The molecule has 2 aromatic carbocycles. The molecule has 15 nitrogen and oxygen atoms in total. The summed E-state index contributed by atoms with van der Waals surface area (Å²) in [6.45, 7) is 2.32. The van der Waals surface area contributed by atoms with E-state index >= 15 is 0 Å². The number of nitrogen functional groups attached to an aromatic ring is 1. The van der Waals surface area contributed by atoms with Gasteiger partial charge in [0.05, 0.1) is 17.2 Å². The zero-order valence-electron chi connectivity index (χ0n) is 29.3. The highest BCUT2D eigenvalue weighted by molar-refractivity contribution is 6.25. The van der Waals surface area contributed by atoms with E-state index in [4.69, 9.17) is 10.7 Å². The summed E-state index contributed by atoms with van der Waals surface area (Å²) in [5, 5.41) is 8.38. The van der Waals surface area contributed by atoms with Crippen LogP contribution in [0, 0.1) is 0 Å². The van der Waals surface area contributed by atoms with Crippen molar-refractivity contribution in [2.24, 2.45) is 0 Å². The molecule has 3 aliphatic rings. The Kier molecular flexibility index (Phi) is 9.29. The third-order valence-electron chi connectivity index (χ3n) is 10.3. The molecule has 2 atom stereocenters. The van der Waals surface area contributed by atoms with Gasteiger partial charge in [-0.15, -0.1) is 0 Å². The summed E-state index contributed by atoms with van der Waals surface area (Å²) in [5.41, 5.74) is 10.2. The van der Waals surface area contributed by atoms with Gasteiger partial charge in [-0.3, -0.25) is 43.5 Å². The molecule has 6 heterocycles. The number of likely N-dealkylation sites (tertiary alicyclic amines) is 1. The smallest absolute Gasteiger partial charge is 0.264 e. The molecule has 8 rings (SSSR count). The molecule has 15 heteroatoms. The summed E-state index contributed by atoms with van der Waals surface area (Å²) < 4.78 is 2.02. The maximum absolute atomic E-state index is 13.5. The van der Waals surface area contributed by atoms with Gasteiger partial charge in [0.25, 0.3) is 17.7 Å². The molecule has 0 bridgehead atoms. The van der Waals surface area contributed by atoms with Crippen molar-refractivity contribution in [3.8, 4) is 11.3 Å². The van der Waals surface area contributed by atoms with E-state index in [2.05, 4.69) is 30.8 Å². The number of unbranched alkanes of at least 4 members (excludes halogenated alkanes) is 1. The van der Waals surface area contributed by atoms with Crippen LogP contribution in [0.3, 0.4) is 0 Å². The van der Waals surface area contributed by atoms with Gasteiger partial charge in [0, 0.05) is 48.4 Å². The number of carbonyl (C=O) groups is 5. The Morgan fingerprint density at radius 1 is 0.907 bits per heavy atom. The third kappa shape index (κ3) is 6.42. The molecule has 0 spiro atoms. The van der Waals surface area contributed by atoms with Crippen molar-refractivity contribution in [2.75, 3.05) is 36.0 Å². The fraction of sp³-hybridized carbons (Fsp3) is 0.282. The van der Waals surface area contributed by atoms with E-state index in [0.717, 1.165) is 55.1 Å². The van der Waals surface area contributed by atoms with Crippen LogP contribution >= 0.6 is 0 Å². The predicted molar refractivity (Wildman–Crippen MR) is 199 cm³/mol. The molecule has 5 N–H and O–H groups in total. The van der Waals surface area contributed by atoms with E-state index in [0.29, 0.717) is 40.6 Å². The number of nitrogens with two attached hydrogens (primary N) is 1. The molecule has 3 aromatic heterocycles. The van der Waals surface area contributed by atoms with Crippen LogP contribution in [0.1, 0.15) is 81.5 Å². The van der Waals surface area contributed by atoms with Crippen LogP contribution in [0.2, 0.25) is 0 Å². The number of pyridine rings is 1. The Labute approximate surface area is 310 Å². The summed E-state index contributed by atoms with van der Waals surface area (Å²) in [7, 11) is 0. The lowest BCUT2D eigenvalue weighted by Crippen LogP contribution is -2.54. The lowest BCUT2D eigenvalue weighted by molar-refractivity contribution is -0.136. The number of piperidine rings is 1. The minimum absolute atomic E-state index is 0.0590. The van der Waals surface area contributed by atoms with Crippen LogP contribution in [-0.4, -0.2) is 84.4 Å². The highest BCUT2D eigenvalue weighted by Gasteiger charge is 2.45. The van der Waals surface area contributed by atoms with Crippen molar-refractivity contribution >= 4 is 52.4 Å². The summed E-state index contributed by atoms with van der Waals surface area (Å²) in [6, 6.07) is 16.7. The number of nitrogens with zero attached hydrogens (tertiary/aromatic N) is 6. The number of carbonyl (C=O) groups excluding carboxylic acids is 5. The number of rotatable bonds is 11. The second-order valence-corrected chi connectivity index (χ2v) is 13.6. The minimum atomic E-state index is -1.01. The molecule has 2 fully saturated rings. The van der Waals surface area contributed by atoms with E-state index in [1.54, 1.807) is 54.9 Å². The van der Waals surface area contributed by atoms with Crippen molar-refractivity contribution < 1.29 is 24.0 Å². The van der Waals surface area contributed by atoms with E-state index in [9.17, 15) is 24.0 Å². The molecular formula is C39H38N10O5. The minimum Gasteiger partial charge on any atom is -0.384 e. The second kappa shape index (κ2) is 14.5. The van der Waals surface area contributed by atoms with E-state index < -0.39 is 29.7 Å². The first-order valence-corrected chi connectivity index (χ1v) is 18.1. The number of imidazole rings is 1. The van der Waals surface area contributed by atoms with Crippen molar-refractivity contribution in [1.82, 2.24) is 34.5 Å². The molecule has 0 saturated carbocycles. The van der Waals surface area contributed by atoms with Crippen LogP contribution in [0.25, 0.3) is 16.8 Å². The topological polar surface area (TPSA) is 197 Å². The third-order valence-corrected chi connectivity index (χ3v) is 10.3. The molecule has 2 saturated heterocycles. The Morgan fingerprint density at radius 3 is 2.56 bits per heavy atom. The van der Waals surface area contributed by atoms with E-state index in [1.807, 2.05) is 28.8 Å². The Hall–Kier alpha value is -6.48. The lowest BCUT2D eigenvalue weighted by Gasteiger charge is -2.27. The van der Waals surface area contributed by atoms with Gasteiger partial charge in [0.15, 0.2) is 0 Å². The van der Waals surface area contributed by atoms with Gasteiger partial charge >= 0.3 is 0 Å². The number of aromatic nitrogens is 4. The number of fused-ring (bicyclic) bond motifs is 2. The largest absolute Gasteiger partial charge is 0.384 e. The van der Waals surface area contributed by atoms with Crippen LogP contribution < -0.4 is 21.7 Å². The van der Waals surface area contributed by atoms with Crippen molar-refractivity contribution in [2.45, 2.75) is 50.6 Å². The van der Waals surface area contributed by atoms with Crippen molar-refractivity contribution in [1.29, 1.82) is 0 Å². The number of hydrogen-bond acceptors (Lipinski definition) is 11. The van der Waals surface area contributed by atoms with Crippen LogP contribution in [-0.2, 0) is 9.59 Å². The summed E-state index contributed by atoms with van der Waals surface area (Å²) in [5.74, 6) is -0.641. The standard InChI is InChI=1S/C39H38N10O5/c40-34-33-32(23-11-13-24(14-12-23)36(51)44-29-10-1-2-18-42-29)46-35(48(33)22-19-43-34)27-9-6-21-47(27)20-4-3-17-41-26-8-5-7-25-31(26)39(54)49(38(25)53)28-15-16-30(50)45-37(28)52/h1-2,5,7-8,10-14,18-19,22,27-28,41H,3-4,6,9,15-17,20-21H2,(H2,40,43)(H,42,44,51)(H,45,50,52)/t27-,28?/m0/s1. The van der Waals surface area contributed by atoms with Gasteiger partial charge in [-0.05, 0) is 81.6 Å². The number of imide groups is 2. The molecule has 0 aliphatic carbocycles. The summed E-state index contributed by atoms with van der Waals surface area (Å²) in [4.78, 5) is 80.7. The van der Waals surface area contributed by atoms with Gasteiger partial charge in [0.2, 0.25) is 11.8 Å². The van der Waals surface area contributed by atoms with Crippen molar-refractivity contribution in [3.63, 3.8) is 0 Å². The second-order valence-electron chi connectivity index (χ2n) is 13.6. The summed E-state index contributed by atoms with van der Waals surface area (Å²) in [6.07, 6.45) is 8.98. The van der Waals surface area contributed by atoms with Crippen molar-refractivity contribution in [3.05, 3.63) is 102 Å². The van der Waals surface area contributed by atoms with E-state index in [-0.39, 0.29) is 35.9 Å². The Bertz CT molecular complexity index is 2290. The number of anilines is 3. The lowest BCUT2D eigenvalue weighted by atomic mass is 10.0. The normalized spacial score (nSPS) is 18.6. The Balaban J connectivity index is 0.922. The maximum Gasteiger partial charge on any atom is 0.264 e. The highest BCUT2D eigenvalue weighted by atomic mass is 16.2.